The van der Waals surface area contributed by atoms with Crippen molar-refractivity contribution >= 4 is 23.7 Å². The van der Waals surface area contributed by atoms with Crippen LogP contribution in [0.4, 0.5) is 10.5 Å². The molecule has 6 saturated carbocycles. The zero-order chi connectivity index (χ0) is 30.9. The van der Waals surface area contributed by atoms with Gasteiger partial charge in [-0.15, -0.1) is 0 Å². The van der Waals surface area contributed by atoms with Gasteiger partial charge in [0.05, 0.1) is 12.5 Å². The highest BCUT2D eigenvalue weighted by Crippen LogP contribution is 2.78. The Balaban J connectivity index is 1.06. The summed E-state index contributed by atoms with van der Waals surface area (Å²) < 4.78 is 10.9. The van der Waals surface area contributed by atoms with E-state index in [1.807, 2.05) is 45.0 Å². The number of nitrogens with one attached hydrogen (secondary N) is 2. The second-order valence-electron chi connectivity index (χ2n) is 16.9. The molecule has 6 aliphatic rings. The van der Waals surface area contributed by atoms with Crippen molar-refractivity contribution in [1.29, 1.82) is 0 Å². The largest absolute Gasteiger partial charge is 0.469 e. The van der Waals surface area contributed by atoms with Crippen LogP contribution < -0.4 is 10.6 Å². The van der Waals surface area contributed by atoms with Gasteiger partial charge in [0.15, 0.2) is 0 Å². The van der Waals surface area contributed by atoms with Crippen LogP contribution in [0.3, 0.4) is 0 Å². The Morgan fingerprint density at radius 1 is 0.909 bits per heavy atom. The number of hydrogen-bond donors (Lipinski definition) is 2. The molecule has 7 heteroatoms. The number of hydrogen-bond acceptors (Lipinski definition) is 5. The summed E-state index contributed by atoms with van der Waals surface area (Å²) in [4.78, 5) is 39.6. The number of rotatable bonds is 6. The van der Waals surface area contributed by atoms with Gasteiger partial charge in [0.1, 0.15) is 5.60 Å². The van der Waals surface area contributed by atoms with Crippen molar-refractivity contribution in [2.45, 2.75) is 116 Å². The van der Waals surface area contributed by atoms with Crippen LogP contribution in [0.5, 0.6) is 0 Å². The van der Waals surface area contributed by atoms with Crippen LogP contribution in [0.2, 0.25) is 0 Å². The summed E-state index contributed by atoms with van der Waals surface area (Å²) in [6.07, 6.45) is 14.8. The minimum Gasteiger partial charge on any atom is -0.469 e. The number of para-hydroxylation sites is 1. The third-order valence-corrected chi connectivity index (χ3v) is 13.3. The smallest absolute Gasteiger partial charge is 0.407 e. The molecule has 240 valence electrons. The number of alkyl carbamates (subject to hydrolysis) is 1. The van der Waals surface area contributed by atoms with Crippen molar-refractivity contribution < 1.29 is 23.9 Å². The molecule has 9 unspecified atom stereocenters. The maximum Gasteiger partial charge on any atom is 0.407 e. The average molecular weight is 605 g/mol. The molecular weight excluding hydrogens is 552 g/mol. The number of amides is 2. The van der Waals surface area contributed by atoms with E-state index in [1.54, 1.807) is 7.11 Å². The maximum atomic E-state index is 13.9. The first-order valence-corrected chi connectivity index (χ1v) is 17.4. The standard InChI is InChI=1S/C37H52N2O5/c1-34(2,3)44-33(42)38-21-25-9-5-6-10-30(25)39-31(40)26-12-24-13-27-18-35(17-24,19-28(27)15-26)36-16-23-8-7-11-37(22-36,32(41)43-4)29(14-23)20-36/h5-6,9-10,23-24,26-29H,7-8,11-22H2,1-4H3,(H,38,42)(H,39,40). The van der Waals surface area contributed by atoms with Gasteiger partial charge in [-0.1, -0.05) is 31.0 Å². The first-order chi connectivity index (χ1) is 20.9. The fourth-order valence-electron chi connectivity index (χ4n) is 12.0. The number of esters is 1. The zero-order valence-electron chi connectivity index (χ0n) is 27.2. The molecule has 7 nitrogen and oxygen atoms in total. The lowest BCUT2D eigenvalue weighted by Crippen LogP contribution is -2.46. The predicted octanol–water partition coefficient (Wildman–Crippen LogP) is 7.63. The molecule has 44 heavy (non-hydrogen) atoms. The van der Waals surface area contributed by atoms with Gasteiger partial charge in [0.25, 0.3) is 0 Å². The molecule has 9 atom stereocenters. The Morgan fingerprint density at radius 2 is 1.66 bits per heavy atom. The SMILES string of the molecule is COC(=O)C12CCCC3CC1CC(C14CC5CC(C(=O)Nc6ccccc6CNC(=O)OC(C)(C)C)CC(C1)C(C5)C4)(C3)C2. The molecule has 2 amide bonds. The van der Waals surface area contributed by atoms with Gasteiger partial charge < -0.3 is 20.1 Å². The van der Waals surface area contributed by atoms with E-state index in [9.17, 15) is 14.4 Å². The Bertz CT molecular complexity index is 1320. The van der Waals surface area contributed by atoms with Gasteiger partial charge in [-0.05, 0) is 143 Å². The highest BCUT2D eigenvalue weighted by molar-refractivity contribution is 5.93. The topological polar surface area (TPSA) is 93.7 Å². The molecule has 6 aliphatic carbocycles. The molecule has 0 saturated heterocycles. The van der Waals surface area contributed by atoms with Crippen molar-refractivity contribution in [3.05, 3.63) is 29.8 Å². The van der Waals surface area contributed by atoms with Gasteiger partial charge in [0.2, 0.25) is 5.91 Å². The monoisotopic (exact) mass is 604 g/mol. The van der Waals surface area contributed by atoms with Crippen LogP contribution in [-0.4, -0.2) is 30.7 Å². The summed E-state index contributed by atoms with van der Waals surface area (Å²) in [6.45, 7) is 5.83. The number of benzene rings is 1. The molecule has 2 N–H and O–H groups in total. The summed E-state index contributed by atoms with van der Waals surface area (Å²) in [5.41, 5.74) is 1.42. The van der Waals surface area contributed by atoms with Crippen LogP contribution in [0.1, 0.15) is 110 Å². The maximum absolute atomic E-state index is 13.9. The number of methoxy groups -OCH3 is 1. The number of fused-ring (bicyclic) bond motifs is 5. The number of carbonyl (C=O) groups is 3. The number of anilines is 1. The van der Waals surface area contributed by atoms with E-state index in [-0.39, 0.29) is 28.6 Å². The fourth-order valence-corrected chi connectivity index (χ4v) is 12.0. The average Bonchev–Trinajstić information content (AvgIpc) is 3.25. The highest BCUT2D eigenvalue weighted by atomic mass is 16.6. The van der Waals surface area contributed by atoms with Crippen LogP contribution >= 0.6 is 0 Å². The molecule has 1 aromatic rings. The van der Waals surface area contributed by atoms with E-state index >= 15 is 0 Å². The molecule has 6 fully saturated rings. The van der Waals surface area contributed by atoms with E-state index < -0.39 is 11.7 Å². The van der Waals surface area contributed by atoms with E-state index in [0.29, 0.717) is 35.6 Å². The minimum absolute atomic E-state index is 0.0129. The third kappa shape index (κ3) is 5.05. The molecule has 0 heterocycles. The second kappa shape index (κ2) is 10.8. The summed E-state index contributed by atoms with van der Waals surface area (Å²) in [7, 11) is 1.60. The third-order valence-electron chi connectivity index (χ3n) is 13.3. The molecule has 0 radical (unpaired) electrons. The van der Waals surface area contributed by atoms with Gasteiger partial charge in [-0.3, -0.25) is 9.59 Å². The van der Waals surface area contributed by atoms with Crippen molar-refractivity contribution in [3.8, 4) is 0 Å². The Labute approximate surface area is 263 Å². The number of carbonyl (C=O) groups excluding carboxylic acids is 3. The summed E-state index contributed by atoms with van der Waals surface area (Å²) in [5, 5.41) is 6.10. The van der Waals surface area contributed by atoms with E-state index in [1.165, 1.54) is 57.8 Å². The summed E-state index contributed by atoms with van der Waals surface area (Å²) in [5.74, 6) is 3.34. The van der Waals surface area contributed by atoms with Crippen molar-refractivity contribution in [1.82, 2.24) is 5.32 Å². The van der Waals surface area contributed by atoms with Crippen LogP contribution in [-0.2, 0) is 25.6 Å². The van der Waals surface area contributed by atoms with Gasteiger partial charge in [-0.25, -0.2) is 4.79 Å². The lowest BCUT2D eigenvalue weighted by molar-refractivity contribution is -0.156. The Morgan fingerprint density at radius 3 is 2.43 bits per heavy atom. The molecule has 0 aromatic heterocycles. The molecule has 7 rings (SSSR count). The molecular formula is C37H52N2O5. The lowest BCUT2D eigenvalue weighted by Gasteiger charge is -2.55. The van der Waals surface area contributed by atoms with Crippen molar-refractivity contribution in [2.24, 2.45) is 51.8 Å². The number of ether oxygens (including phenoxy) is 2. The van der Waals surface area contributed by atoms with Crippen LogP contribution in [0.15, 0.2) is 24.3 Å². The molecule has 6 bridgehead atoms. The van der Waals surface area contributed by atoms with Crippen molar-refractivity contribution in [3.63, 3.8) is 0 Å². The molecule has 1 aromatic carbocycles. The Hall–Kier alpha value is -2.57. The lowest BCUT2D eigenvalue weighted by atomic mass is 9.50. The van der Waals surface area contributed by atoms with Crippen LogP contribution in [0.25, 0.3) is 0 Å². The zero-order valence-corrected chi connectivity index (χ0v) is 27.2. The van der Waals surface area contributed by atoms with Crippen molar-refractivity contribution in [2.75, 3.05) is 12.4 Å². The molecule has 0 spiro atoms. The van der Waals surface area contributed by atoms with E-state index in [0.717, 1.165) is 42.9 Å². The quantitative estimate of drug-likeness (QED) is 0.326. The first-order valence-electron chi connectivity index (χ1n) is 17.4. The summed E-state index contributed by atoms with van der Waals surface area (Å²) >= 11 is 0. The Kier molecular flexibility index (Phi) is 7.36. The normalized spacial score (nSPS) is 40.2. The van der Waals surface area contributed by atoms with Crippen LogP contribution in [0, 0.1) is 51.8 Å². The second-order valence-corrected chi connectivity index (χ2v) is 16.9. The summed E-state index contributed by atoms with van der Waals surface area (Å²) in [6, 6.07) is 7.74. The van der Waals surface area contributed by atoms with Gasteiger partial charge in [0, 0.05) is 18.2 Å². The first kappa shape index (κ1) is 30.1. The highest BCUT2D eigenvalue weighted by Gasteiger charge is 2.71. The van der Waals surface area contributed by atoms with Gasteiger partial charge >= 0.3 is 12.1 Å². The van der Waals surface area contributed by atoms with E-state index in [4.69, 9.17) is 9.47 Å². The van der Waals surface area contributed by atoms with E-state index in [2.05, 4.69) is 10.6 Å². The predicted molar refractivity (Wildman–Crippen MR) is 168 cm³/mol. The molecule has 0 aliphatic heterocycles. The fraction of sp³-hybridized carbons (Fsp3) is 0.757. The van der Waals surface area contributed by atoms with Gasteiger partial charge in [-0.2, -0.15) is 0 Å². The minimum atomic E-state index is -0.563.